The maximum absolute atomic E-state index is 12.0. The highest BCUT2D eigenvalue weighted by Gasteiger charge is 2.22. The number of hydrogen-bond acceptors (Lipinski definition) is 7. The molecule has 162 valence electrons. The van der Waals surface area contributed by atoms with Gasteiger partial charge in [-0.2, -0.15) is 0 Å². The maximum atomic E-state index is 12.0. The molecule has 10 nitrogen and oxygen atoms in total. The van der Waals surface area contributed by atoms with Crippen molar-refractivity contribution in [1.29, 1.82) is 0 Å². The first-order valence-electron chi connectivity index (χ1n) is 8.63. The van der Waals surface area contributed by atoms with Crippen LogP contribution in [0.3, 0.4) is 0 Å². The van der Waals surface area contributed by atoms with Crippen molar-refractivity contribution in [2.45, 2.75) is 38.8 Å². The van der Waals surface area contributed by atoms with Gasteiger partial charge in [0, 0.05) is 19.0 Å². The van der Waals surface area contributed by atoms with Gasteiger partial charge in [0.15, 0.2) is 0 Å². The van der Waals surface area contributed by atoms with Gasteiger partial charge in [0.05, 0.1) is 16.8 Å². The van der Waals surface area contributed by atoms with Crippen molar-refractivity contribution < 1.29 is 27.5 Å². The summed E-state index contributed by atoms with van der Waals surface area (Å²) in [5.74, 6) is -2.03. The normalized spacial score (nSPS) is 12.6. The minimum absolute atomic E-state index is 0.0265. The van der Waals surface area contributed by atoms with Crippen LogP contribution in [0.2, 0.25) is 5.02 Å². The Morgan fingerprint density at radius 2 is 1.86 bits per heavy atom. The minimum Gasteiger partial charge on any atom is -0.444 e. The lowest BCUT2D eigenvalue weighted by atomic mass is 10.2. The molecule has 1 aromatic rings. The number of aromatic nitrogens is 1. The van der Waals surface area contributed by atoms with Crippen molar-refractivity contribution in [3.05, 3.63) is 23.4 Å². The maximum Gasteiger partial charge on any atom is 0.407 e. The number of sulfone groups is 1. The van der Waals surface area contributed by atoms with Gasteiger partial charge in [-0.05, 0) is 39.3 Å². The molecule has 0 fully saturated rings. The summed E-state index contributed by atoms with van der Waals surface area (Å²) in [7, 11) is -3.29. The van der Waals surface area contributed by atoms with Crippen molar-refractivity contribution in [2.24, 2.45) is 0 Å². The molecule has 0 bridgehead atoms. The Labute approximate surface area is 174 Å². The number of hydrogen-bond donors (Lipinski definition) is 3. The molecule has 1 aromatic heterocycles. The number of amides is 3. The van der Waals surface area contributed by atoms with E-state index in [1.165, 1.54) is 18.3 Å². The van der Waals surface area contributed by atoms with Crippen molar-refractivity contribution in [3.8, 4) is 0 Å². The van der Waals surface area contributed by atoms with Gasteiger partial charge in [-0.15, -0.1) is 0 Å². The van der Waals surface area contributed by atoms with Crippen LogP contribution in [0.15, 0.2) is 18.3 Å². The zero-order chi connectivity index (χ0) is 22.2. The number of carbonyl (C=O) groups excluding carboxylic acids is 3. The first kappa shape index (κ1) is 24.6. The van der Waals surface area contributed by atoms with Crippen LogP contribution in [0, 0.1) is 0 Å². The number of alkyl carbamates (subject to hydrolysis) is 1. The lowest BCUT2D eigenvalue weighted by Gasteiger charge is -2.23. The first-order valence-corrected chi connectivity index (χ1v) is 11.1. The summed E-state index contributed by atoms with van der Waals surface area (Å²) in [4.78, 5) is 39.7. The molecule has 29 heavy (non-hydrogen) atoms. The number of nitrogens with zero attached hydrogens (tertiary/aromatic N) is 1. The van der Waals surface area contributed by atoms with E-state index in [1.807, 2.05) is 0 Å². The first-order chi connectivity index (χ1) is 13.2. The van der Waals surface area contributed by atoms with E-state index in [2.05, 4.69) is 20.9 Å². The van der Waals surface area contributed by atoms with E-state index in [0.717, 1.165) is 6.26 Å². The van der Waals surface area contributed by atoms with Gasteiger partial charge in [-0.3, -0.25) is 9.59 Å². The highest BCUT2D eigenvalue weighted by molar-refractivity contribution is 7.90. The lowest BCUT2D eigenvalue weighted by Crippen LogP contribution is -2.48. The van der Waals surface area contributed by atoms with Crippen LogP contribution in [0.25, 0.3) is 0 Å². The SMILES string of the molecule is CC(C)(C)OC(=O)N[C@H](CCS(C)(=O)=O)CNC(=O)C(=O)Nc1ccc(Cl)cn1. The molecule has 0 aliphatic heterocycles. The molecule has 0 spiro atoms. The topological polar surface area (TPSA) is 144 Å². The Hall–Kier alpha value is -2.40. The fraction of sp³-hybridized carbons (Fsp3) is 0.529. The fourth-order valence-electron chi connectivity index (χ4n) is 1.97. The number of rotatable bonds is 7. The van der Waals surface area contributed by atoms with E-state index in [0.29, 0.717) is 5.02 Å². The molecular formula is C17H25ClN4O6S. The van der Waals surface area contributed by atoms with Gasteiger partial charge in [0.1, 0.15) is 21.3 Å². The number of carbonyl (C=O) groups is 3. The summed E-state index contributed by atoms with van der Waals surface area (Å²) in [6.45, 7) is 4.86. The van der Waals surface area contributed by atoms with Crippen molar-refractivity contribution >= 4 is 45.2 Å². The zero-order valence-corrected chi connectivity index (χ0v) is 18.2. The van der Waals surface area contributed by atoms with Crippen LogP contribution in [-0.4, -0.2) is 61.5 Å². The van der Waals surface area contributed by atoms with Crippen LogP contribution in [0.1, 0.15) is 27.2 Å². The van der Waals surface area contributed by atoms with Gasteiger partial charge in [0.25, 0.3) is 0 Å². The third-order valence-corrected chi connectivity index (χ3v) is 4.44. The van der Waals surface area contributed by atoms with E-state index >= 15 is 0 Å². The highest BCUT2D eigenvalue weighted by Crippen LogP contribution is 2.09. The molecule has 0 aromatic carbocycles. The summed E-state index contributed by atoms with van der Waals surface area (Å²) >= 11 is 5.70. The van der Waals surface area contributed by atoms with Crippen LogP contribution >= 0.6 is 11.6 Å². The Morgan fingerprint density at radius 1 is 1.21 bits per heavy atom. The third kappa shape index (κ3) is 11.3. The molecule has 1 heterocycles. The predicted molar refractivity (Wildman–Crippen MR) is 108 cm³/mol. The molecular weight excluding hydrogens is 424 g/mol. The van der Waals surface area contributed by atoms with E-state index < -0.39 is 39.4 Å². The molecule has 1 atom stereocenters. The molecule has 0 unspecified atom stereocenters. The predicted octanol–water partition coefficient (Wildman–Crippen LogP) is 1.12. The van der Waals surface area contributed by atoms with Gasteiger partial charge in [-0.25, -0.2) is 18.2 Å². The standard InChI is InChI=1S/C17H25ClN4O6S/c1-17(2,3)28-16(25)21-12(7-8-29(4,26)27)10-20-14(23)15(24)22-13-6-5-11(18)9-19-13/h5-6,9,12H,7-8,10H2,1-4H3,(H,20,23)(H,21,25)(H,19,22,24)/t12-/m1/s1. The third-order valence-electron chi connectivity index (χ3n) is 3.24. The largest absolute Gasteiger partial charge is 0.444 e. The number of halogens is 1. The molecule has 1 rings (SSSR count). The van der Waals surface area contributed by atoms with Crippen molar-refractivity contribution in [2.75, 3.05) is 23.9 Å². The molecule has 0 saturated heterocycles. The molecule has 12 heteroatoms. The number of nitrogens with one attached hydrogen (secondary N) is 3. The average Bonchev–Trinajstić information content (AvgIpc) is 2.56. The number of anilines is 1. The van der Waals surface area contributed by atoms with Gasteiger partial charge < -0.3 is 20.7 Å². The summed E-state index contributed by atoms with van der Waals surface area (Å²) in [6, 6.07) is 2.16. The second kappa shape index (κ2) is 10.4. The smallest absolute Gasteiger partial charge is 0.407 e. The second-order valence-electron chi connectivity index (χ2n) is 7.29. The minimum atomic E-state index is -3.29. The van der Waals surface area contributed by atoms with E-state index in [9.17, 15) is 22.8 Å². The van der Waals surface area contributed by atoms with E-state index in [1.54, 1.807) is 20.8 Å². The van der Waals surface area contributed by atoms with Crippen LogP contribution in [0.5, 0.6) is 0 Å². The van der Waals surface area contributed by atoms with Crippen LogP contribution < -0.4 is 16.0 Å². The monoisotopic (exact) mass is 448 g/mol. The summed E-state index contributed by atoms with van der Waals surface area (Å²) < 4.78 is 28.0. The number of ether oxygens (including phenoxy) is 1. The molecule has 3 N–H and O–H groups in total. The van der Waals surface area contributed by atoms with Gasteiger partial charge in [0.2, 0.25) is 0 Å². The van der Waals surface area contributed by atoms with Gasteiger partial charge >= 0.3 is 17.9 Å². The Kier molecular flexibility index (Phi) is 8.83. The molecule has 0 radical (unpaired) electrons. The molecule has 0 aliphatic rings. The average molecular weight is 449 g/mol. The van der Waals surface area contributed by atoms with Crippen LogP contribution in [0.4, 0.5) is 10.6 Å². The van der Waals surface area contributed by atoms with E-state index in [-0.39, 0.29) is 24.5 Å². The summed E-state index contributed by atoms with van der Waals surface area (Å²) in [6.07, 6.45) is 1.63. The molecule has 3 amide bonds. The lowest BCUT2D eigenvalue weighted by molar-refractivity contribution is -0.136. The van der Waals surface area contributed by atoms with Crippen molar-refractivity contribution in [3.63, 3.8) is 0 Å². The molecule has 0 aliphatic carbocycles. The van der Waals surface area contributed by atoms with Crippen molar-refractivity contribution in [1.82, 2.24) is 15.6 Å². The van der Waals surface area contributed by atoms with E-state index in [4.69, 9.17) is 16.3 Å². The van der Waals surface area contributed by atoms with Crippen LogP contribution in [-0.2, 0) is 24.2 Å². The Morgan fingerprint density at radius 3 is 2.38 bits per heavy atom. The Balaban J connectivity index is 2.66. The highest BCUT2D eigenvalue weighted by atomic mass is 35.5. The zero-order valence-electron chi connectivity index (χ0n) is 16.6. The van der Waals surface area contributed by atoms with Gasteiger partial charge in [-0.1, -0.05) is 11.6 Å². The quantitative estimate of drug-likeness (QED) is 0.530. The summed E-state index contributed by atoms with van der Waals surface area (Å²) in [5, 5.41) is 7.51. The summed E-state index contributed by atoms with van der Waals surface area (Å²) in [5.41, 5.74) is -0.750. The fourth-order valence-corrected chi connectivity index (χ4v) is 2.80. The second-order valence-corrected chi connectivity index (χ2v) is 9.98. The molecule has 0 saturated carbocycles. The number of pyridine rings is 1. The Bertz CT molecular complexity index is 836.